The van der Waals surface area contributed by atoms with Crippen LogP contribution >= 0.6 is 11.6 Å². The van der Waals surface area contributed by atoms with Crippen LogP contribution in [0.15, 0.2) is 85.6 Å². The van der Waals surface area contributed by atoms with Crippen LogP contribution in [0.3, 0.4) is 0 Å². The molecule has 0 spiro atoms. The fourth-order valence-electron chi connectivity index (χ4n) is 4.16. The zero-order valence-electron chi connectivity index (χ0n) is 19.6. The number of aliphatic hydroxyl groups is 1. The first kappa shape index (κ1) is 24.3. The van der Waals surface area contributed by atoms with Crippen molar-refractivity contribution in [3.63, 3.8) is 0 Å². The second-order valence-corrected chi connectivity index (χ2v) is 8.73. The highest BCUT2D eigenvalue weighted by molar-refractivity contribution is 6.33. The standard InChI is InChI=1S/C27H27ClFN5O/c1-5-24(35)25(18(4)29)22-15-20-21(16-23(22)28)27(34-13-11-33(12-14-34)17(2)3)32-31-26(20)30-19-9-7-6-8-10-19/h5-10,15-16,35H,1-2,4,11-14H2,3H3,(H,30,31)/b25-24-. The lowest BCUT2D eigenvalue weighted by molar-refractivity contribution is 0.322. The molecule has 0 saturated carbocycles. The summed E-state index contributed by atoms with van der Waals surface area (Å²) >= 11 is 6.64. The van der Waals surface area contributed by atoms with E-state index < -0.39 is 5.83 Å². The van der Waals surface area contributed by atoms with E-state index >= 15 is 0 Å². The molecule has 3 aromatic rings. The van der Waals surface area contributed by atoms with Crippen LogP contribution in [-0.2, 0) is 0 Å². The summed E-state index contributed by atoms with van der Waals surface area (Å²) in [5, 5.41) is 24.3. The van der Waals surface area contributed by atoms with E-state index in [2.05, 4.69) is 45.1 Å². The Morgan fingerprint density at radius 2 is 1.77 bits per heavy atom. The van der Waals surface area contributed by atoms with Crippen molar-refractivity contribution in [1.29, 1.82) is 0 Å². The predicted octanol–water partition coefficient (Wildman–Crippen LogP) is 6.62. The molecule has 0 aliphatic carbocycles. The van der Waals surface area contributed by atoms with Crippen molar-refractivity contribution in [2.75, 3.05) is 36.4 Å². The zero-order chi connectivity index (χ0) is 25.1. The average Bonchev–Trinajstić information content (AvgIpc) is 2.85. The Bertz CT molecular complexity index is 1330. The van der Waals surface area contributed by atoms with E-state index in [1.165, 1.54) is 0 Å². The summed E-state index contributed by atoms with van der Waals surface area (Å²) < 4.78 is 14.4. The third-order valence-electron chi connectivity index (χ3n) is 5.99. The molecule has 0 unspecified atom stereocenters. The molecule has 0 atom stereocenters. The van der Waals surface area contributed by atoms with Crippen LogP contribution in [0.1, 0.15) is 12.5 Å². The maximum atomic E-state index is 14.4. The van der Waals surface area contributed by atoms with Crippen molar-refractivity contribution in [3.05, 3.63) is 96.1 Å². The van der Waals surface area contributed by atoms with Crippen LogP contribution in [0, 0.1) is 0 Å². The summed E-state index contributed by atoms with van der Waals surface area (Å²) in [5.41, 5.74) is 2.02. The number of hydrogen-bond donors (Lipinski definition) is 2. The molecule has 2 aromatic carbocycles. The number of benzene rings is 2. The summed E-state index contributed by atoms with van der Waals surface area (Å²) in [5.74, 6) is -0.00447. The van der Waals surface area contributed by atoms with E-state index in [9.17, 15) is 9.50 Å². The van der Waals surface area contributed by atoms with Crippen LogP contribution in [-0.4, -0.2) is 46.4 Å². The number of allylic oxidation sites excluding steroid dienone is 4. The molecule has 2 heterocycles. The van der Waals surface area contributed by atoms with Gasteiger partial charge in [-0.1, -0.05) is 49.5 Å². The second-order valence-electron chi connectivity index (χ2n) is 8.32. The molecular weight excluding hydrogens is 465 g/mol. The van der Waals surface area contributed by atoms with Crippen molar-refractivity contribution >= 4 is 45.3 Å². The number of aliphatic hydroxyl groups excluding tert-OH is 1. The van der Waals surface area contributed by atoms with Gasteiger partial charge in [-0.05, 0) is 37.3 Å². The largest absolute Gasteiger partial charge is 0.507 e. The van der Waals surface area contributed by atoms with E-state index in [-0.39, 0.29) is 21.9 Å². The number of piperazine rings is 1. The van der Waals surface area contributed by atoms with Gasteiger partial charge in [0.2, 0.25) is 0 Å². The molecule has 1 aromatic heterocycles. The Morgan fingerprint density at radius 3 is 2.37 bits per heavy atom. The molecule has 4 rings (SSSR count). The fraction of sp³-hybridized carbons (Fsp3) is 0.185. The van der Waals surface area contributed by atoms with E-state index in [0.29, 0.717) is 17.0 Å². The average molecular weight is 492 g/mol. The number of nitrogens with zero attached hydrogens (tertiary/aromatic N) is 4. The van der Waals surface area contributed by atoms with Gasteiger partial charge < -0.3 is 20.2 Å². The first-order valence-corrected chi connectivity index (χ1v) is 11.6. The number of para-hydroxylation sites is 1. The van der Waals surface area contributed by atoms with E-state index in [1.807, 2.05) is 37.3 Å². The van der Waals surface area contributed by atoms with Crippen LogP contribution < -0.4 is 10.2 Å². The van der Waals surface area contributed by atoms with Gasteiger partial charge in [0, 0.05) is 58.9 Å². The Kier molecular flexibility index (Phi) is 7.07. The third-order valence-corrected chi connectivity index (χ3v) is 6.31. The summed E-state index contributed by atoms with van der Waals surface area (Å²) in [6.45, 7) is 16.1. The number of aromatic nitrogens is 2. The van der Waals surface area contributed by atoms with Crippen LogP contribution in [0.2, 0.25) is 5.02 Å². The molecule has 180 valence electrons. The van der Waals surface area contributed by atoms with Crippen LogP contribution in [0.4, 0.5) is 21.7 Å². The maximum absolute atomic E-state index is 14.4. The highest BCUT2D eigenvalue weighted by Crippen LogP contribution is 2.39. The molecule has 1 saturated heterocycles. The second kappa shape index (κ2) is 10.2. The number of nitrogens with one attached hydrogen (secondary N) is 1. The monoisotopic (exact) mass is 491 g/mol. The highest BCUT2D eigenvalue weighted by Gasteiger charge is 2.23. The van der Waals surface area contributed by atoms with Gasteiger partial charge in [0.15, 0.2) is 11.6 Å². The molecular formula is C27H27ClFN5O. The third kappa shape index (κ3) is 5.00. The minimum Gasteiger partial charge on any atom is -0.507 e. The molecule has 1 fully saturated rings. The SMILES string of the molecule is C=C/C(O)=C(\C(=C)F)c1cc2c(Nc3ccccc3)nnc(N3CCN(C(=C)C)CC3)c2cc1Cl. The van der Waals surface area contributed by atoms with E-state index in [4.69, 9.17) is 11.6 Å². The summed E-state index contributed by atoms with van der Waals surface area (Å²) in [6, 6.07) is 13.0. The lowest BCUT2D eigenvalue weighted by atomic mass is 9.99. The van der Waals surface area contributed by atoms with Crippen molar-refractivity contribution in [2.24, 2.45) is 0 Å². The van der Waals surface area contributed by atoms with Crippen molar-refractivity contribution in [2.45, 2.75) is 6.92 Å². The molecule has 8 heteroatoms. The zero-order valence-corrected chi connectivity index (χ0v) is 20.3. The van der Waals surface area contributed by atoms with Gasteiger partial charge >= 0.3 is 0 Å². The van der Waals surface area contributed by atoms with E-state index in [1.54, 1.807) is 12.1 Å². The summed E-state index contributed by atoms with van der Waals surface area (Å²) in [6.07, 6.45) is 1.15. The van der Waals surface area contributed by atoms with Gasteiger partial charge in [0.1, 0.15) is 11.6 Å². The Morgan fingerprint density at radius 1 is 1.09 bits per heavy atom. The number of rotatable bonds is 7. The summed E-state index contributed by atoms with van der Waals surface area (Å²) in [7, 11) is 0. The first-order valence-electron chi connectivity index (χ1n) is 11.2. The van der Waals surface area contributed by atoms with Gasteiger partial charge in [-0.3, -0.25) is 0 Å². The molecule has 0 amide bonds. The van der Waals surface area contributed by atoms with Crippen molar-refractivity contribution in [3.8, 4) is 0 Å². The quantitative estimate of drug-likeness (QED) is 0.286. The van der Waals surface area contributed by atoms with Crippen LogP contribution in [0.25, 0.3) is 16.3 Å². The Balaban J connectivity index is 1.88. The number of halogens is 2. The number of fused-ring (bicyclic) bond motifs is 1. The Hall–Kier alpha value is -3.84. The molecule has 1 aliphatic rings. The fourth-order valence-corrected chi connectivity index (χ4v) is 4.42. The molecule has 35 heavy (non-hydrogen) atoms. The van der Waals surface area contributed by atoms with Crippen molar-refractivity contribution < 1.29 is 9.50 Å². The van der Waals surface area contributed by atoms with E-state index in [0.717, 1.165) is 49.0 Å². The van der Waals surface area contributed by atoms with Gasteiger partial charge in [-0.2, -0.15) is 0 Å². The van der Waals surface area contributed by atoms with Gasteiger partial charge in [-0.15, -0.1) is 10.2 Å². The van der Waals surface area contributed by atoms with Gasteiger partial charge in [-0.25, -0.2) is 4.39 Å². The maximum Gasteiger partial charge on any atom is 0.161 e. The molecule has 6 nitrogen and oxygen atoms in total. The molecule has 0 radical (unpaired) electrons. The minimum absolute atomic E-state index is 0.119. The smallest absolute Gasteiger partial charge is 0.161 e. The molecule has 0 bridgehead atoms. The minimum atomic E-state index is -0.820. The lowest BCUT2D eigenvalue weighted by Gasteiger charge is -2.37. The van der Waals surface area contributed by atoms with Crippen LogP contribution in [0.5, 0.6) is 0 Å². The number of hydrogen-bond acceptors (Lipinski definition) is 6. The topological polar surface area (TPSA) is 64.5 Å². The Labute approximate surface area is 209 Å². The molecule has 1 aliphatic heterocycles. The lowest BCUT2D eigenvalue weighted by Crippen LogP contribution is -2.45. The predicted molar refractivity (Wildman–Crippen MR) is 143 cm³/mol. The van der Waals surface area contributed by atoms with Gasteiger partial charge in [0.25, 0.3) is 0 Å². The normalized spacial score (nSPS) is 14.5. The highest BCUT2D eigenvalue weighted by atomic mass is 35.5. The van der Waals surface area contributed by atoms with Crippen molar-refractivity contribution in [1.82, 2.24) is 15.1 Å². The first-order chi connectivity index (χ1) is 16.8. The van der Waals surface area contributed by atoms with Gasteiger partial charge in [0.05, 0.1) is 5.57 Å². The number of anilines is 3. The summed E-state index contributed by atoms with van der Waals surface area (Å²) in [4.78, 5) is 4.38. The molecule has 2 N–H and O–H groups in total.